The number of rotatable bonds is 4. The lowest BCUT2D eigenvalue weighted by molar-refractivity contribution is 0.286. The summed E-state index contributed by atoms with van der Waals surface area (Å²) in [4.78, 5) is 15.4. The molecular weight excluding hydrogens is 331 g/mol. The van der Waals surface area contributed by atoms with Crippen molar-refractivity contribution in [2.75, 3.05) is 18.0 Å². The van der Waals surface area contributed by atoms with Crippen molar-refractivity contribution in [1.82, 2.24) is 15.0 Å². The molecule has 0 amide bonds. The van der Waals surface area contributed by atoms with Crippen LogP contribution in [0, 0.1) is 5.82 Å². The third kappa shape index (κ3) is 3.31. The Morgan fingerprint density at radius 2 is 1.96 bits per heavy atom. The topological polar surface area (TPSA) is 55.1 Å². The van der Waals surface area contributed by atoms with Gasteiger partial charge in [0, 0.05) is 31.9 Å². The van der Waals surface area contributed by atoms with Gasteiger partial charge in [-0.2, -0.15) is 0 Å². The van der Waals surface area contributed by atoms with Gasteiger partial charge in [0.1, 0.15) is 11.6 Å². The summed E-state index contributed by atoms with van der Waals surface area (Å²) in [5.74, 6) is 1.89. The molecule has 3 aromatic rings. The highest BCUT2D eigenvalue weighted by Gasteiger charge is 2.37. The maximum Gasteiger partial charge on any atom is 0.225 e. The molecule has 0 bridgehead atoms. The molecule has 6 heteroatoms. The molecule has 3 heterocycles. The van der Waals surface area contributed by atoms with Crippen LogP contribution in [0.4, 0.5) is 10.3 Å². The summed E-state index contributed by atoms with van der Waals surface area (Å²) in [5.41, 5.74) is 0.397. The molecule has 0 spiro atoms. The molecule has 1 atom stereocenters. The molecule has 1 aliphatic heterocycles. The Balaban J connectivity index is 1.53. The molecule has 0 unspecified atom stereocenters. The normalized spacial score (nSPS) is 20.3. The third-order valence-electron chi connectivity index (χ3n) is 4.92. The van der Waals surface area contributed by atoms with Gasteiger partial charge in [-0.1, -0.05) is 18.2 Å². The van der Waals surface area contributed by atoms with Gasteiger partial charge in [0.25, 0.3) is 0 Å². The Hall–Kier alpha value is -2.76. The number of hydrogen-bond acceptors (Lipinski definition) is 5. The second-order valence-corrected chi connectivity index (χ2v) is 7.03. The van der Waals surface area contributed by atoms with Crippen molar-refractivity contribution in [3.05, 3.63) is 72.0 Å². The van der Waals surface area contributed by atoms with Crippen LogP contribution in [0.15, 0.2) is 53.3 Å². The molecule has 1 aliphatic rings. The number of piperidine rings is 1. The van der Waals surface area contributed by atoms with Gasteiger partial charge in [-0.15, -0.1) is 0 Å². The molecule has 0 saturated carbocycles. The maximum atomic E-state index is 13.9. The van der Waals surface area contributed by atoms with Crippen LogP contribution in [-0.4, -0.2) is 28.0 Å². The SMILES string of the molecule is C[C@@]1(c2ncc(Cc3ccccc3F)o2)CCCN(c2ncccn2)C1. The zero-order chi connectivity index (χ0) is 18.0. The van der Waals surface area contributed by atoms with Gasteiger partial charge in [0.15, 0.2) is 0 Å². The van der Waals surface area contributed by atoms with Gasteiger partial charge >= 0.3 is 0 Å². The lowest BCUT2D eigenvalue weighted by Gasteiger charge is -2.38. The van der Waals surface area contributed by atoms with Crippen molar-refractivity contribution in [3.63, 3.8) is 0 Å². The van der Waals surface area contributed by atoms with Gasteiger partial charge in [-0.25, -0.2) is 19.3 Å². The molecule has 5 nitrogen and oxygen atoms in total. The van der Waals surface area contributed by atoms with E-state index in [2.05, 4.69) is 26.8 Å². The number of hydrogen-bond donors (Lipinski definition) is 0. The molecule has 0 N–H and O–H groups in total. The Kier molecular flexibility index (Phi) is 4.41. The van der Waals surface area contributed by atoms with Crippen LogP contribution in [0.5, 0.6) is 0 Å². The zero-order valence-electron chi connectivity index (χ0n) is 14.7. The van der Waals surface area contributed by atoms with Gasteiger partial charge in [-0.05, 0) is 37.5 Å². The minimum atomic E-state index is -0.221. The van der Waals surface area contributed by atoms with Gasteiger partial charge in [-0.3, -0.25) is 0 Å². The molecule has 0 aliphatic carbocycles. The predicted molar refractivity (Wildman–Crippen MR) is 96.5 cm³/mol. The highest BCUT2D eigenvalue weighted by atomic mass is 19.1. The van der Waals surface area contributed by atoms with Crippen molar-refractivity contribution < 1.29 is 8.81 Å². The number of aromatic nitrogens is 3. The Bertz CT molecular complexity index is 882. The van der Waals surface area contributed by atoms with E-state index in [1.165, 1.54) is 6.07 Å². The summed E-state index contributed by atoms with van der Waals surface area (Å²) < 4.78 is 19.9. The Morgan fingerprint density at radius 3 is 2.77 bits per heavy atom. The van der Waals surface area contributed by atoms with E-state index >= 15 is 0 Å². The van der Waals surface area contributed by atoms with Crippen LogP contribution in [0.25, 0.3) is 0 Å². The summed E-state index contributed by atoms with van der Waals surface area (Å²) >= 11 is 0. The second kappa shape index (κ2) is 6.86. The average Bonchev–Trinajstić information content (AvgIpc) is 3.14. The largest absolute Gasteiger partial charge is 0.445 e. The van der Waals surface area contributed by atoms with Gasteiger partial charge in [0.2, 0.25) is 11.8 Å². The fourth-order valence-electron chi connectivity index (χ4n) is 3.54. The first-order valence-corrected chi connectivity index (χ1v) is 8.85. The summed E-state index contributed by atoms with van der Waals surface area (Å²) in [7, 11) is 0. The molecule has 134 valence electrons. The molecule has 2 aromatic heterocycles. The van der Waals surface area contributed by atoms with E-state index in [4.69, 9.17) is 4.42 Å². The number of benzene rings is 1. The number of nitrogens with zero attached hydrogens (tertiary/aromatic N) is 4. The highest BCUT2D eigenvalue weighted by molar-refractivity contribution is 5.32. The fourth-order valence-corrected chi connectivity index (χ4v) is 3.54. The van der Waals surface area contributed by atoms with E-state index < -0.39 is 0 Å². The monoisotopic (exact) mass is 352 g/mol. The third-order valence-corrected chi connectivity index (χ3v) is 4.92. The minimum absolute atomic E-state index is 0.217. The quantitative estimate of drug-likeness (QED) is 0.716. The molecule has 1 saturated heterocycles. The van der Waals surface area contributed by atoms with E-state index in [0.29, 0.717) is 23.6 Å². The van der Waals surface area contributed by atoms with Crippen molar-refractivity contribution in [2.24, 2.45) is 0 Å². The van der Waals surface area contributed by atoms with Crippen molar-refractivity contribution in [1.29, 1.82) is 0 Å². The lowest BCUT2D eigenvalue weighted by Crippen LogP contribution is -2.45. The van der Waals surface area contributed by atoms with E-state index in [0.717, 1.165) is 31.9 Å². The van der Waals surface area contributed by atoms with Crippen LogP contribution in [0.1, 0.15) is 37.0 Å². The van der Waals surface area contributed by atoms with Crippen LogP contribution in [0.3, 0.4) is 0 Å². The summed E-state index contributed by atoms with van der Waals surface area (Å²) in [6, 6.07) is 8.57. The first-order chi connectivity index (χ1) is 12.6. The Morgan fingerprint density at radius 1 is 1.15 bits per heavy atom. The molecule has 1 fully saturated rings. The zero-order valence-corrected chi connectivity index (χ0v) is 14.7. The smallest absolute Gasteiger partial charge is 0.225 e. The summed E-state index contributed by atoms with van der Waals surface area (Å²) in [6.45, 7) is 3.82. The number of anilines is 1. The highest BCUT2D eigenvalue weighted by Crippen LogP contribution is 2.34. The van der Waals surface area contributed by atoms with Crippen molar-refractivity contribution in [2.45, 2.75) is 31.6 Å². The first-order valence-electron chi connectivity index (χ1n) is 8.85. The van der Waals surface area contributed by atoms with Gasteiger partial charge < -0.3 is 9.32 Å². The minimum Gasteiger partial charge on any atom is -0.445 e. The second-order valence-electron chi connectivity index (χ2n) is 7.03. The van der Waals surface area contributed by atoms with Crippen LogP contribution < -0.4 is 4.90 Å². The predicted octanol–water partition coefficient (Wildman–Crippen LogP) is 3.75. The van der Waals surface area contributed by atoms with Crippen LogP contribution in [-0.2, 0) is 11.8 Å². The van der Waals surface area contributed by atoms with Crippen molar-refractivity contribution >= 4 is 5.95 Å². The molecule has 1 aromatic carbocycles. The van der Waals surface area contributed by atoms with Gasteiger partial charge in [0.05, 0.1) is 11.6 Å². The van der Waals surface area contributed by atoms with Crippen LogP contribution in [0.2, 0.25) is 0 Å². The van der Waals surface area contributed by atoms with Crippen molar-refractivity contribution in [3.8, 4) is 0 Å². The number of oxazole rings is 1. The first kappa shape index (κ1) is 16.7. The lowest BCUT2D eigenvalue weighted by atomic mass is 9.82. The molecule has 0 radical (unpaired) electrons. The fraction of sp³-hybridized carbons (Fsp3) is 0.350. The molecule has 4 rings (SSSR count). The summed E-state index contributed by atoms with van der Waals surface area (Å²) in [5, 5.41) is 0. The molecular formula is C20H21FN4O. The maximum absolute atomic E-state index is 13.9. The van der Waals surface area contributed by atoms with Crippen LogP contribution >= 0.6 is 0 Å². The standard InChI is InChI=1S/C20H21FN4O/c1-20(8-4-11-25(14-20)19-22-9-5-10-23-19)18-24-13-16(26-18)12-15-6-2-3-7-17(15)21/h2-3,5-7,9-10,13H,4,8,11-12,14H2,1H3/t20-/m1/s1. The van der Waals surface area contributed by atoms with E-state index in [1.54, 1.807) is 30.7 Å². The van der Waals surface area contributed by atoms with E-state index in [1.807, 2.05) is 12.1 Å². The number of halogens is 1. The Labute approximate surface area is 151 Å². The summed E-state index contributed by atoms with van der Waals surface area (Å²) in [6.07, 6.45) is 7.62. The molecule has 26 heavy (non-hydrogen) atoms. The van der Waals surface area contributed by atoms with E-state index in [-0.39, 0.29) is 11.2 Å². The average molecular weight is 352 g/mol. The van der Waals surface area contributed by atoms with E-state index in [9.17, 15) is 4.39 Å².